The lowest BCUT2D eigenvalue weighted by molar-refractivity contribution is -0.137. The standard InChI is InChI=1S/C26H30ClNO5/c27-20-8-6-10-23(18-20)33-22-9-5-7-19(17-22)24(29)14-12-21-13-15-25(30)28(21)16-4-2-1-3-11-26(31)32/h5-10,12,14,17-18,21,24,29H,1-4,11,13,15-16H2,(H,31,32)/b14-12+/t21?,24-/m1/s1. The highest BCUT2D eigenvalue weighted by molar-refractivity contribution is 6.30. The number of aliphatic hydroxyl groups excluding tert-OH is 1. The number of rotatable bonds is 12. The third-order valence-corrected chi connectivity index (χ3v) is 5.90. The van der Waals surface area contributed by atoms with Crippen molar-refractivity contribution in [3.05, 3.63) is 71.3 Å². The molecule has 1 heterocycles. The monoisotopic (exact) mass is 471 g/mol. The van der Waals surface area contributed by atoms with Crippen molar-refractivity contribution >= 4 is 23.5 Å². The molecule has 176 valence electrons. The van der Waals surface area contributed by atoms with Gasteiger partial charge in [0.05, 0.1) is 12.1 Å². The van der Waals surface area contributed by atoms with Gasteiger partial charge in [-0.2, -0.15) is 0 Å². The summed E-state index contributed by atoms with van der Waals surface area (Å²) in [5.41, 5.74) is 0.695. The van der Waals surface area contributed by atoms with Gasteiger partial charge in [0.15, 0.2) is 0 Å². The van der Waals surface area contributed by atoms with Gasteiger partial charge in [0.1, 0.15) is 11.5 Å². The zero-order chi connectivity index (χ0) is 23.6. The highest BCUT2D eigenvalue weighted by Crippen LogP contribution is 2.28. The zero-order valence-corrected chi connectivity index (χ0v) is 19.3. The fraction of sp³-hybridized carbons (Fsp3) is 0.385. The molecule has 0 bridgehead atoms. The number of carboxylic acids is 1. The Morgan fingerprint density at radius 1 is 1.12 bits per heavy atom. The highest BCUT2D eigenvalue weighted by Gasteiger charge is 2.28. The Hall–Kier alpha value is -2.83. The van der Waals surface area contributed by atoms with Crippen molar-refractivity contribution in [3.63, 3.8) is 0 Å². The van der Waals surface area contributed by atoms with Crippen molar-refractivity contribution in [2.75, 3.05) is 6.54 Å². The molecule has 3 rings (SSSR count). The van der Waals surface area contributed by atoms with Crippen molar-refractivity contribution in [3.8, 4) is 11.5 Å². The summed E-state index contributed by atoms with van der Waals surface area (Å²) in [6.07, 6.45) is 7.51. The third-order valence-electron chi connectivity index (χ3n) is 5.66. The molecule has 2 aromatic carbocycles. The Bertz CT molecular complexity index is 977. The summed E-state index contributed by atoms with van der Waals surface area (Å²) in [6.45, 7) is 0.653. The number of likely N-dealkylation sites (tertiary alicyclic amines) is 1. The number of hydrogen-bond acceptors (Lipinski definition) is 4. The molecule has 0 radical (unpaired) electrons. The summed E-state index contributed by atoms with van der Waals surface area (Å²) in [4.78, 5) is 24.7. The van der Waals surface area contributed by atoms with Crippen LogP contribution in [0.1, 0.15) is 56.6 Å². The first-order valence-electron chi connectivity index (χ1n) is 11.3. The van der Waals surface area contributed by atoms with Gasteiger partial charge >= 0.3 is 5.97 Å². The number of nitrogens with zero attached hydrogens (tertiary/aromatic N) is 1. The van der Waals surface area contributed by atoms with Gasteiger partial charge < -0.3 is 19.8 Å². The van der Waals surface area contributed by atoms with Crippen LogP contribution in [0.4, 0.5) is 0 Å². The SMILES string of the molecule is O=C(O)CCCCCCN1C(=O)CCC1/C=C/[C@@H](O)c1cccc(Oc2cccc(Cl)c2)c1. The number of benzene rings is 2. The van der Waals surface area contributed by atoms with E-state index in [2.05, 4.69) is 0 Å². The number of aliphatic hydroxyl groups is 1. The molecule has 7 heteroatoms. The maximum absolute atomic E-state index is 12.3. The summed E-state index contributed by atoms with van der Waals surface area (Å²) in [6, 6.07) is 14.3. The van der Waals surface area contributed by atoms with Crippen molar-refractivity contribution in [2.45, 2.75) is 57.1 Å². The fourth-order valence-electron chi connectivity index (χ4n) is 3.93. The first kappa shape index (κ1) is 24.8. The van der Waals surface area contributed by atoms with Gasteiger partial charge in [0.25, 0.3) is 0 Å². The van der Waals surface area contributed by atoms with Crippen LogP contribution in [-0.4, -0.2) is 39.6 Å². The Morgan fingerprint density at radius 3 is 2.61 bits per heavy atom. The van der Waals surface area contributed by atoms with E-state index < -0.39 is 12.1 Å². The number of halogens is 1. The van der Waals surface area contributed by atoms with Crippen LogP contribution in [0.2, 0.25) is 5.02 Å². The minimum absolute atomic E-state index is 0.0305. The predicted molar refractivity (Wildman–Crippen MR) is 128 cm³/mol. The predicted octanol–water partition coefficient (Wildman–Crippen LogP) is 5.75. The van der Waals surface area contributed by atoms with Gasteiger partial charge in [-0.3, -0.25) is 9.59 Å². The van der Waals surface area contributed by atoms with E-state index in [9.17, 15) is 14.7 Å². The molecule has 0 saturated carbocycles. The lowest BCUT2D eigenvalue weighted by Gasteiger charge is -2.22. The Balaban J connectivity index is 1.53. The van der Waals surface area contributed by atoms with Gasteiger partial charge in [0.2, 0.25) is 5.91 Å². The lowest BCUT2D eigenvalue weighted by atomic mass is 10.1. The van der Waals surface area contributed by atoms with Crippen LogP contribution in [0, 0.1) is 0 Å². The van der Waals surface area contributed by atoms with Gasteiger partial charge in [0, 0.05) is 24.4 Å². The van der Waals surface area contributed by atoms with E-state index in [-0.39, 0.29) is 18.4 Å². The molecular formula is C26H30ClNO5. The van der Waals surface area contributed by atoms with Gasteiger partial charge in [-0.1, -0.05) is 54.8 Å². The second-order valence-electron chi connectivity index (χ2n) is 8.21. The van der Waals surface area contributed by atoms with E-state index in [0.717, 1.165) is 25.7 Å². The van der Waals surface area contributed by atoms with Crippen LogP contribution in [0.3, 0.4) is 0 Å². The maximum atomic E-state index is 12.3. The van der Waals surface area contributed by atoms with Crippen LogP contribution in [-0.2, 0) is 9.59 Å². The van der Waals surface area contributed by atoms with E-state index in [1.807, 2.05) is 41.3 Å². The number of carboxylic acid groups (broad SMARTS) is 1. The van der Waals surface area contributed by atoms with E-state index >= 15 is 0 Å². The summed E-state index contributed by atoms with van der Waals surface area (Å²) >= 11 is 6.01. The van der Waals surface area contributed by atoms with Crippen LogP contribution in [0.5, 0.6) is 11.5 Å². The Labute approximate surface area is 199 Å². The molecule has 0 aromatic heterocycles. The van der Waals surface area contributed by atoms with Crippen LogP contribution in [0.25, 0.3) is 0 Å². The average Bonchev–Trinajstić information content (AvgIpc) is 3.13. The molecule has 2 aromatic rings. The molecule has 1 aliphatic heterocycles. The number of carbonyl (C=O) groups excluding carboxylic acids is 1. The lowest BCUT2D eigenvalue weighted by Crippen LogP contribution is -2.32. The number of aliphatic carboxylic acids is 1. The van der Waals surface area contributed by atoms with Crippen molar-refractivity contribution < 1.29 is 24.5 Å². The van der Waals surface area contributed by atoms with E-state index in [1.165, 1.54) is 0 Å². The number of hydrogen-bond donors (Lipinski definition) is 2. The third kappa shape index (κ3) is 7.91. The first-order valence-corrected chi connectivity index (χ1v) is 11.7. The molecule has 2 atom stereocenters. The topological polar surface area (TPSA) is 87.1 Å². The van der Waals surface area contributed by atoms with E-state index in [0.29, 0.717) is 41.5 Å². The van der Waals surface area contributed by atoms with Crippen LogP contribution >= 0.6 is 11.6 Å². The largest absolute Gasteiger partial charge is 0.481 e. The fourth-order valence-corrected chi connectivity index (χ4v) is 4.11. The quantitative estimate of drug-likeness (QED) is 0.304. The molecule has 2 N–H and O–H groups in total. The maximum Gasteiger partial charge on any atom is 0.303 e. The highest BCUT2D eigenvalue weighted by atomic mass is 35.5. The Kier molecular flexibility index (Phi) is 9.34. The average molecular weight is 472 g/mol. The molecule has 1 amide bonds. The molecule has 0 aliphatic carbocycles. The minimum atomic E-state index is -0.818. The number of carbonyl (C=O) groups is 2. The summed E-state index contributed by atoms with van der Waals surface area (Å²) in [7, 11) is 0. The zero-order valence-electron chi connectivity index (χ0n) is 18.5. The summed E-state index contributed by atoms with van der Waals surface area (Å²) in [5.74, 6) is 0.576. The van der Waals surface area contributed by atoms with E-state index in [1.54, 1.807) is 24.3 Å². The second kappa shape index (κ2) is 12.4. The summed E-state index contributed by atoms with van der Waals surface area (Å²) in [5, 5.41) is 20.0. The number of unbranched alkanes of at least 4 members (excludes halogenated alkanes) is 3. The minimum Gasteiger partial charge on any atom is -0.481 e. The van der Waals surface area contributed by atoms with Crippen molar-refractivity contribution in [1.29, 1.82) is 0 Å². The molecule has 1 saturated heterocycles. The van der Waals surface area contributed by atoms with Gasteiger partial charge in [-0.15, -0.1) is 0 Å². The normalized spacial score (nSPS) is 17.0. The van der Waals surface area contributed by atoms with E-state index in [4.69, 9.17) is 21.4 Å². The molecule has 6 nitrogen and oxygen atoms in total. The summed E-state index contributed by atoms with van der Waals surface area (Å²) < 4.78 is 5.84. The molecule has 1 fully saturated rings. The second-order valence-corrected chi connectivity index (χ2v) is 8.65. The Morgan fingerprint density at radius 2 is 1.85 bits per heavy atom. The van der Waals surface area contributed by atoms with Gasteiger partial charge in [-0.25, -0.2) is 0 Å². The van der Waals surface area contributed by atoms with Crippen molar-refractivity contribution in [2.24, 2.45) is 0 Å². The van der Waals surface area contributed by atoms with Crippen LogP contribution in [0.15, 0.2) is 60.7 Å². The smallest absolute Gasteiger partial charge is 0.303 e. The molecule has 0 spiro atoms. The molecule has 33 heavy (non-hydrogen) atoms. The van der Waals surface area contributed by atoms with Crippen molar-refractivity contribution in [1.82, 2.24) is 4.90 Å². The van der Waals surface area contributed by atoms with Gasteiger partial charge in [-0.05, 0) is 55.2 Å². The number of amides is 1. The molecular weight excluding hydrogens is 442 g/mol. The first-order chi connectivity index (χ1) is 15.9. The molecule has 1 aliphatic rings. The van der Waals surface area contributed by atoms with Crippen LogP contribution < -0.4 is 4.74 Å². The number of ether oxygens (including phenoxy) is 1. The molecule has 1 unspecified atom stereocenters.